The Kier molecular flexibility index (Phi) is 4.70. The maximum absolute atomic E-state index is 13.2. The van der Waals surface area contributed by atoms with Gasteiger partial charge in [-0.15, -0.1) is 0 Å². The molecule has 3 rings (SSSR count). The minimum Gasteiger partial charge on any atom is -0.351 e. The lowest BCUT2D eigenvalue weighted by atomic mass is 9.78. The van der Waals surface area contributed by atoms with Gasteiger partial charge >= 0.3 is 6.03 Å². The monoisotopic (exact) mass is 341 g/mol. The third kappa shape index (κ3) is 3.63. The predicted molar refractivity (Wildman–Crippen MR) is 94.8 cm³/mol. The Morgan fingerprint density at radius 3 is 2.16 bits per heavy atom. The lowest BCUT2D eigenvalue weighted by Gasteiger charge is -2.28. The third-order valence-corrected chi connectivity index (χ3v) is 4.68. The Hall–Kier alpha value is -2.89. The van der Waals surface area contributed by atoms with Crippen molar-refractivity contribution in [2.75, 3.05) is 10.6 Å². The Balaban J connectivity index is 1.85. The van der Waals surface area contributed by atoms with Crippen LogP contribution in [0.15, 0.2) is 48.5 Å². The lowest BCUT2D eigenvalue weighted by molar-refractivity contribution is -0.121. The molecule has 0 radical (unpaired) electrons. The van der Waals surface area contributed by atoms with E-state index >= 15 is 0 Å². The molecule has 6 heteroatoms. The van der Waals surface area contributed by atoms with E-state index in [0.29, 0.717) is 11.4 Å². The molecular formula is C19H20FN3O2. The summed E-state index contributed by atoms with van der Waals surface area (Å²) in [5.41, 5.74) is 6.37. The van der Waals surface area contributed by atoms with Crippen molar-refractivity contribution in [1.29, 1.82) is 0 Å². The number of anilines is 2. The summed E-state index contributed by atoms with van der Waals surface area (Å²) < 4.78 is 13.2. The van der Waals surface area contributed by atoms with Crippen molar-refractivity contribution in [3.05, 3.63) is 59.9 Å². The highest BCUT2D eigenvalue weighted by Gasteiger charge is 2.42. The molecule has 0 saturated heterocycles. The third-order valence-electron chi connectivity index (χ3n) is 4.68. The SMILES string of the molecule is NC(=O)Nc1cccc(NC(=O)C2(c3ccc(F)cc3)CCCC2)c1. The fourth-order valence-corrected chi connectivity index (χ4v) is 3.46. The number of hydrogen-bond donors (Lipinski definition) is 3. The normalized spacial score (nSPS) is 15.6. The molecule has 4 N–H and O–H groups in total. The van der Waals surface area contributed by atoms with Crippen LogP contribution in [0.3, 0.4) is 0 Å². The molecule has 130 valence electrons. The van der Waals surface area contributed by atoms with Crippen LogP contribution in [-0.2, 0) is 10.2 Å². The highest BCUT2D eigenvalue weighted by molar-refractivity contribution is 6.00. The predicted octanol–water partition coefficient (Wildman–Crippen LogP) is 3.77. The molecule has 0 aromatic heterocycles. The van der Waals surface area contributed by atoms with E-state index in [4.69, 9.17) is 5.73 Å². The number of carbonyl (C=O) groups is 2. The first-order valence-corrected chi connectivity index (χ1v) is 8.24. The number of nitrogens with two attached hydrogens (primary N) is 1. The van der Waals surface area contributed by atoms with Crippen LogP contribution in [0.2, 0.25) is 0 Å². The van der Waals surface area contributed by atoms with E-state index in [1.807, 2.05) is 0 Å². The number of primary amides is 1. The van der Waals surface area contributed by atoms with E-state index in [0.717, 1.165) is 31.2 Å². The summed E-state index contributed by atoms with van der Waals surface area (Å²) in [7, 11) is 0. The van der Waals surface area contributed by atoms with E-state index in [1.165, 1.54) is 12.1 Å². The van der Waals surface area contributed by atoms with Crippen LogP contribution in [0.25, 0.3) is 0 Å². The van der Waals surface area contributed by atoms with E-state index in [1.54, 1.807) is 36.4 Å². The van der Waals surface area contributed by atoms with Gasteiger partial charge in [0, 0.05) is 11.4 Å². The molecule has 1 saturated carbocycles. The Morgan fingerprint density at radius 2 is 1.56 bits per heavy atom. The first-order valence-electron chi connectivity index (χ1n) is 8.24. The summed E-state index contributed by atoms with van der Waals surface area (Å²) in [6.07, 6.45) is 3.36. The fraction of sp³-hybridized carbons (Fsp3) is 0.263. The van der Waals surface area contributed by atoms with Gasteiger partial charge < -0.3 is 16.4 Å². The molecule has 0 bridgehead atoms. The van der Waals surface area contributed by atoms with E-state index in [2.05, 4.69) is 10.6 Å². The molecule has 1 fully saturated rings. The molecule has 5 nitrogen and oxygen atoms in total. The molecule has 0 spiro atoms. The number of nitrogens with one attached hydrogen (secondary N) is 2. The summed E-state index contributed by atoms with van der Waals surface area (Å²) >= 11 is 0. The van der Waals surface area contributed by atoms with Gasteiger partial charge in [0.05, 0.1) is 5.41 Å². The smallest absolute Gasteiger partial charge is 0.316 e. The second-order valence-electron chi connectivity index (χ2n) is 6.32. The van der Waals surface area contributed by atoms with Gasteiger partial charge in [-0.3, -0.25) is 4.79 Å². The van der Waals surface area contributed by atoms with Crippen molar-refractivity contribution < 1.29 is 14.0 Å². The summed E-state index contributed by atoms with van der Waals surface area (Å²) in [6.45, 7) is 0. The topological polar surface area (TPSA) is 84.2 Å². The fourth-order valence-electron chi connectivity index (χ4n) is 3.46. The molecule has 0 unspecified atom stereocenters. The molecule has 1 aliphatic rings. The summed E-state index contributed by atoms with van der Waals surface area (Å²) in [4.78, 5) is 24.0. The summed E-state index contributed by atoms with van der Waals surface area (Å²) in [5, 5.41) is 5.41. The Labute approximate surface area is 145 Å². The number of amides is 3. The summed E-state index contributed by atoms with van der Waals surface area (Å²) in [6, 6.07) is 12.3. The van der Waals surface area contributed by atoms with Crippen LogP contribution in [0.4, 0.5) is 20.6 Å². The lowest BCUT2D eigenvalue weighted by Crippen LogP contribution is -2.38. The zero-order valence-corrected chi connectivity index (χ0v) is 13.7. The van der Waals surface area contributed by atoms with Gasteiger partial charge in [0.2, 0.25) is 5.91 Å². The van der Waals surface area contributed by atoms with Crippen LogP contribution in [0.5, 0.6) is 0 Å². The van der Waals surface area contributed by atoms with E-state index < -0.39 is 11.4 Å². The van der Waals surface area contributed by atoms with Gasteiger partial charge in [-0.25, -0.2) is 9.18 Å². The molecule has 3 amide bonds. The molecule has 2 aromatic carbocycles. The van der Waals surface area contributed by atoms with Gasteiger partial charge in [-0.1, -0.05) is 31.0 Å². The number of hydrogen-bond acceptors (Lipinski definition) is 2. The molecule has 0 aliphatic heterocycles. The van der Waals surface area contributed by atoms with Crippen molar-refractivity contribution in [3.63, 3.8) is 0 Å². The second kappa shape index (κ2) is 6.93. The zero-order valence-electron chi connectivity index (χ0n) is 13.7. The van der Waals surface area contributed by atoms with Crippen LogP contribution in [0, 0.1) is 5.82 Å². The first kappa shape index (κ1) is 17.0. The highest BCUT2D eigenvalue weighted by Crippen LogP contribution is 2.42. The van der Waals surface area contributed by atoms with Crippen molar-refractivity contribution in [1.82, 2.24) is 0 Å². The summed E-state index contributed by atoms with van der Waals surface area (Å²) in [5.74, 6) is -0.435. The first-order chi connectivity index (χ1) is 12.0. The molecule has 2 aromatic rings. The maximum Gasteiger partial charge on any atom is 0.316 e. The average Bonchev–Trinajstić information content (AvgIpc) is 3.06. The van der Waals surface area contributed by atoms with Gasteiger partial charge in [-0.05, 0) is 48.7 Å². The van der Waals surface area contributed by atoms with Gasteiger partial charge in [-0.2, -0.15) is 0 Å². The molecule has 0 heterocycles. The maximum atomic E-state index is 13.2. The van der Waals surface area contributed by atoms with Crippen LogP contribution in [-0.4, -0.2) is 11.9 Å². The Bertz CT molecular complexity index is 784. The molecular weight excluding hydrogens is 321 g/mol. The quantitative estimate of drug-likeness (QED) is 0.791. The Morgan fingerprint density at radius 1 is 0.960 bits per heavy atom. The van der Waals surface area contributed by atoms with Crippen molar-refractivity contribution in [3.8, 4) is 0 Å². The van der Waals surface area contributed by atoms with Crippen LogP contribution >= 0.6 is 0 Å². The minimum absolute atomic E-state index is 0.118. The van der Waals surface area contributed by atoms with Gasteiger partial charge in [0.25, 0.3) is 0 Å². The number of benzene rings is 2. The molecule has 0 atom stereocenters. The average molecular weight is 341 g/mol. The van der Waals surface area contributed by atoms with E-state index in [9.17, 15) is 14.0 Å². The number of halogens is 1. The minimum atomic E-state index is -0.665. The van der Waals surface area contributed by atoms with Gasteiger partial charge in [0.1, 0.15) is 5.82 Å². The molecule has 25 heavy (non-hydrogen) atoms. The van der Waals surface area contributed by atoms with Crippen LogP contribution < -0.4 is 16.4 Å². The highest BCUT2D eigenvalue weighted by atomic mass is 19.1. The van der Waals surface area contributed by atoms with Crippen molar-refractivity contribution in [2.45, 2.75) is 31.1 Å². The standard InChI is InChI=1S/C19H20FN3O2/c20-14-8-6-13(7-9-14)19(10-1-2-11-19)17(24)22-15-4-3-5-16(12-15)23-18(21)25/h3-9,12H,1-2,10-11H2,(H,22,24)(H3,21,23,25). The molecule has 1 aliphatic carbocycles. The number of urea groups is 1. The van der Waals surface area contributed by atoms with Crippen molar-refractivity contribution in [2.24, 2.45) is 5.73 Å². The van der Waals surface area contributed by atoms with Gasteiger partial charge in [0.15, 0.2) is 0 Å². The largest absolute Gasteiger partial charge is 0.351 e. The van der Waals surface area contributed by atoms with Crippen molar-refractivity contribution >= 4 is 23.3 Å². The van der Waals surface area contributed by atoms with E-state index in [-0.39, 0.29) is 11.7 Å². The second-order valence-corrected chi connectivity index (χ2v) is 6.32. The van der Waals surface area contributed by atoms with Crippen LogP contribution in [0.1, 0.15) is 31.2 Å². The zero-order chi connectivity index (χ0) is 17.9. The number of rotatable bonds is 4. The number of carbonyl (C=O) groups excluding carboxylic acids is 2.